The summed E-state index contributed by atoms with van der Waals surface area (Å²) in [6.45, 7) is 8.24. The van der Waals surface area contributed by atoms with Crippen molar-refractivity contribution in [2.45, 2.75) is 24.5 Å². The number of likely N-dealkylation sites (N-methyl/N-ethyl adjacent to an activating group) is 1. The highest BCUT2D eigenvalue weighted by Crippen LogP contribution is 2.36. The quantitative estimate of drug-likeness (QED) is 0.467. The molecule has 1 N–H and O–H groups in total. The van der Waals surface area contributed by atoms with Crippen LogP contribution in [0.5, 0.6) is 0 Å². The molecule has 0 radical (unpaired) electrons. The summed E-state index contributed by atoms with van der Waals surface area (Å²) >= 11 is 3.15. The fourth-order valence-corrected chi connectivity index (χ4v) is 5.47. The van der Waals surface area contributed by atoms with Crippen LogP contribution in [0.2, 0.25) is 0 Å². The first kappa shape index (κ1) is 21.1. The number of piperazine rings is 1. The fraction of sp³-hybridized carbons (Fsp3) is 0.409. The van der Waals surface area contributed by atoms with E-state index in [9.17, 15) is 4.79 Å². The van der Waals surface area contributed by atoms with E-state index in [1.807, 2.05) is 32.0 Å². The molecule has 30 heavy (non-hydrogen) atoms. The zero-order chi connectivity index (χ0) is 21.1. The number of fused-ring (bicyclic) bond motifs is 1. The van der Waals surface area contributed by atoms with Crippen LogP contribution in [0.1, 0.15) is 28.0 Å². The van der Waals surface area contributed by atoms with Gasteiger partial charge in [0.25, 0.3) is 0 Å². The Morgan fingerprint density at radius 3 is 2.67 bits per heavy atom. The number of nitrogens with zero attached hydrogens (tertiary/aromatic N) is 3. The Hall–Kier alpha value is -2.16. The molecular formula is C22H27N4O2S2+. The summed E-state index contributed by atoms with van der Waals surface area (Å²) in [6.07, 6.45) is 0. The number of hydrogen-bond donors (Lipinski definition) is 1. The molecule has 1 aliphatic heterocycles. The molecule has 2 aromatic heterocycles. The monoisotopic (exact) mass is 443 g/mol. The van der Waals surface area contributed by atoms with E-state index < -0.39 is 0 Å². The van der Waals surface area contributed by atoms with Crippen molar-refractivity contribution in [2.75, 3.05) is 44.7 Å². The smallest absolute Gasteiger partial charge is 0.348 e. The van der Waals surface area contributed by atoms with Gasteiger partial charge in [-0.2, -0.15) is 0 Å². The maximum Gasteiger partial charge on any atom is 0.348 e. The molecule has 1 aliphatic rings. The van der Waals surface area contributed by atoms with Gasteiger partial charge in [-0.05, 0) is 31.5 Å². The predicted molar refractivity (Wildman–Crippen MR) is 123 cm³/mol. The van der Waals surface area contributed by atoms with Crippen LogP contribution in [0.15, 0.2) is 35.2 Å². The van der Waals surface area contributed by atoms with Gasteiger partial charge in [0.1, 0.15) is 21.3 Å². The molecule has 1 saturated heterocycles. The zero-order valence-electron chi connectivity index (χ0n) is 17.6. The molecule has 0 spiro atoms. The van der Waals surface area contributed by atoms with E-state index in [1.165, 1.54) is 21.1 Å². The third-order valence-corrected chi connectivity index (χ3v) is 7.48. The van der Waals surface area contributed by atoms with Gasteiger partial charge < -0.3 is 14.5 Å². The van der Waals surface area contributed by atoms with Crippen molar-refractivity contribution >= 4 is 45.1 Å². The molecule has 1 aromatic carbocycles. The molecule has 158 valence electrons. The van der Waals surface area contributed by atoms with Gasteiger partial charge in [-0.15, -0.1) is 23.1 Å². The minimum Gasteiger partial charge on any atom is -0.462 e. The van der Waals surface area contributed by atoms with E-state index in [0.29, 0.717) is 17.2 Å². The highest BCUT2D eigenvalue weighted by atomic mass is 32.2. The number of anilines is 1. The van der Waals surface area contributed by atoms with Gasteiger partial charge in [0.15, 0.2) is 0 Å². The molecule has 4 rings (SSSR count). The fourth-order valence-electron chi connectivity index (χ4n) is 3.61. The Kier molecular flexibility index (Phi) is 6.55. The minimum absolute atomic E-state index is 0.271. The van der Waals surface area contributed by atoms with E-state index in [2.05, 4.69) is 24.1 Å². The van der Waals surface area contributed by atoms with Crippen LogP contribution >= 0.6 is 23.1 Å². The number of nitrogens with one attached hydrogen (secondary N) is 1. The number of hydrogen-bond acceptors (Lipinski definition) is 7. The van der Waals surface area contributed by atoms with Crippen LogP contribution < -0.4 is 9.80 Å². The van der Waals surface area contributed by atoms with E-state index in [-0.39, 0.29) is 5.97 Å². The second-order valence-electron chi connectivity index (χ2n) is 7.47. The number of ether oxygens (including phenoxy) is 1. The van der Waals surface area contributed by atoms with E-state index in [1.54, 1.807) is 11.8 Å². The second-order valence-corrected chi connectivity index (χ2v) is 9.51. The number of carbonyl (C=O) groups is 1. The Bertz CT molecular complexity index is 1030. The lowest BCUT2D eigenvalue weighted by Crippen LogP contribution is -3.12. The number of benzene rings is 1. The first-order valence-corrected chi connectivity index (χ1v) is 12.1. The van der Waals surface area contributed by atoms with Gasteiger partial charge in [-0.25, -0.2) is 14.8 Å². The summed E-state index contributed by atoms with van der Waals surface area (Å²) in [4.78, 5) is 28.9. The lowest BCUT2D eigenvalue weighted by atomic mass is 10.2. The summed E-state index contributed by atoms with van der Waals surface area (Å²) in [5.41, 5.74) is 0.928. The molecule has 0 amide bonds. The van der Waals surface area contributed by atoms with E-state index in [0.717, 1.165) is 53.6 Å². The van der Waals surface area contributed by atoms with Crippen molar-refractivity contribution < 1.29 is 14.4 Å². The second kappa shape index (κ2) is 9.32. The molecule has 0 bridgehead atoms. The SMILES string of the molecule is CCOC(=O)c1sc2nc(CSc3ccccc3)nc(N3CC[NH+](C)CC3)c2c1C. The number of carbonyl (C=O) groups excluding carboxylic acids is 1. The van der Waals surface area contributed by atoms with Gasteiger partial charge in [-0.3, -0.25) is 0 Å². The Morgan fingerprint density at radius 2 is 1.97 bits per heavy atom. The van der Waals surface area contributed by atoms with Crippen molar-refractivity contribution in [3.8, 4) is 0 Å². The maximum absolute atomic E-state index is 12.5. The highest BCUT2D eigenvalue weighted by molar-refractivity contribution is 7.98. The normalized spacial score (nSPS) is 15.0. The van der Waals surface area contributed by atoms with Gasteiger partial charge in [0.05, 0.1) is 51.0 Å². The molecule has 3 heterocycles. The number of thioether (sulfide) groups is 1. The molecular weight excluding hydrogens is 416 g/mol. The molecule has 1 fully saturated rings. The topological polar surface area (TPSA) is 59.8 Å². The molecule has 0 atom stereocenters. The van der Waals surface area contributed by atoms with Crippen LogP contribution in [-0.2, 0) is 10.5 Å². The first-order chi connectivity index (χ1) is 14.6. The van der Waals surface area contributed by atoms with Crippen LogP contribution in [0.25, 0.3) is 10.2 Å². The largest absolute Gasteiger partial charge is 0.462 e. The summed E-state index contributed by atoms with van der Waals surface area (Å²) < 4.78 is 5.28. The van der Waals surface area contributed by atoms with Crippen LogP contribution in [0.4, 0.5) is 5.82 Å². The lowest BCUT2D eigenvalue weighted by Gasteiger charge is -2.31. The molecule has 6 nitrogen and oxygen atoms in total. The summed E-state index contributed by atoms with van der Waals surface area (Å²) in [7, 11) is 2.23. The number of aromatic nitrogens is 2. The summed E-state index contributed by atoms with van der Waals surface area (Å²) in [6, 6.07) is 10.3. The third kappa shape index (κ3) is 4.45. The maximum atomic E-state index is 12.5. The molecule has 0 unspecified atom stereocenters. The number of esters is 1. The third-order valence-electron chi connectivity index (χ3n) is 5.31. The standard InChI is InChI=1S/C22H26N4O2S2/c1-4-28-22(27)19-15(2)18-20(26-12-10-25(3)11-13-26)23-17(24-21(18)30-19)14-29-16-8-6-5-7-9-16/h5-9H,4,10-14H2,1-3H3/p+1. The zero-order valence-corrected chi connectivity index (χ0v) is 19.2. The first-order valence-electron chi connectivity index (χ1n) is 10.3. The van der Waals surface area contributed by atoms with Crippen LogP contribution in [-0.4, -0.2) is 55.8 Å². The van der Waals surface area contributed by atoms with Gasteiger partial charge in [0, 0.05) is 4.90 Å². The van der Waals surface area contributed by atoms with Crippen molar-refractivity contribution in [1.82, 2.24) is 9.97 Å². The van der Waals surface area contributed by atoms with Crippen molar-refractivity contribution in [3.63, 3.8) is 0 Å². The Morgan fingerprint density at radius 1 is 1.23 bits per heavy atom. The number of aryl methyl sites for hydroxylation is 1. The molecule has 0 saturated carbocycles. The minimum atomic E-state index is -0.271. The van der Waals surface area contributed by atoms with Gasteiger partial charge >= 0.3 is 5.97 Å². The molecule has 8 heteroatoms. The molecule has 0 aliphatic carbocycles. The van der Waals surface area contributed by atoms with Gasteiger partial charge in [0.2, 0.25) is 0 Å². The molecule has 3 aromatic rings. The Balaban J connectivity index is 1.73. The average Bonchev–Trinajstić information content (AvgIpc) is 3.10. The van der Waals surface area contributed by atoms with Crippen LogP contribution in [0.3, 0.4) is 0 Å². The lowest BCUT2D eigenvalue weighted by molar-refractivity contribution is -0.880. The van der Waals surface area contributed by atoms with Crippen LogP contribution in [0, 0.1) is 6.92 Å². The number of quaternary nitrogens is 1. The number of thiophene rings is 1. The average molecular weight is 444 g/mol. The van der Waals surface area contributed by atoms with Crippen molar-refractivity contribution in [2.24, 2.45) is 0 Å². The van der Waals surface area contributed by atoms with E-state index >= 15 is 0 Å². The summed E-state index contributed by atoms with van der Waals surface area (Å²) in [5.74, 6) is 2.18. The predicted octanol–water partition coefficient (Wildman–Crippen LogP) is 2.80. The van der Waals surface area contributed by atoms with E-state index in [4.69, 9.17) is 14.7 Å². The van der Waals surface area contributed by atoms with Gasteiger partial charge in [-0.1, -0.05) is 18.2 Å². The van der Waals surface area contributed by atoms with Crippen molar-refractivity contribution in [1.29, 1.82) is 0 Å². The summed E-state index contributed by atoms with van der Waals surface area (Å²) in [5, 5.41) is 0.996. The highest BCUT2D eigenvalue weighted by Gasteiger charge is 2.26. The van der Waals surface area contributed by atoms with Crippen molar-refractivity contribution in [3.05, 3.63) is 46.6 Å². The number of rotatable bonds is 6. The Labute approximate surface area is 185 Å².